The van der Waals surface area contributed by atoms with E-state index in [1.807, 2.05) is 0 Å². The van der Waals surface area contributed by atoms with Gasteiger partial charge in [-0.05, 0) is 49.9 Å². The van der Waals surface area contributed by atoms with Gasteiger partial charge in [0.05, 0.1) is 9.79 Å². The molecule has 0 radical (unpaired) electrons. The zero-order chi connectivity index (χ0) is 16.5. The van der Waals surface area contributed by atoms with Crippen molar-refractivity contribution in [2.45, 2.75) is 66.8 Å². The molecule has 0 saturated heterocycles. The Balaban J connectivity index is 1.72. The van der Waals surface area contributed by atoms with Crippen molar-refractivity contribution in [2.75, 3.05) is 0 Å². The Morgan fingerprint density at radius 3 is 1.43 bits per heavy atom. The lowest BCUT2D eigenvalue weighted by Gasteiger charge is -2.22. The maximum absolute atomic E-state index is 12.4. The van der Waals surface area contributed by atoms with Gasteiger partial charge in [0.15, 0.2) is 0 Å². The van der Waals surface area contributed by atoms with E-state index in [-0.39, 0.29) is 21.9 Å². The normalized spacial score (nSPS) is 20.5. The maximum Gasteiger partial charge on any atom is 0.240 e. The fourth-order valence-electron chi connectivity index (χ4n) is 2.79. The summed E-state index contributed by atoms with van der Waals surface area (Å²) in [5.74, 6) is 0. The Kier molecular flexibility index (Phi) is 4.78. The highest BCUT2D eigenvalue weighted by atomic mass is 32.2. The largest absolute Gasteiger partial charge is 0.240 e. The molecule has 0 bridgehead atoms. The maximum atomic E-state index is 12.4. The van der Waals surface area contributed by atoms with E-state index in [1.54, 1.807) is 0 Å². The minimum Gasteiger partial charge on any atom is -0.208 e. The van der Waals surface area contributed by atoms with Crippen LogP contribution < -0.4 is 9.44 Å². The van der Waals surface area contributed by atoms with Gasteiger partial charge in [-0.15, -0.1) is 0 Å². The third kappa shape index (κ3) is 4.32. The zero-order valence-electron chi connectivity index (χ0n) is 12.9. The van der Waals surface area contributed by atoms with Gasteiger partial charge >= 0.3 is 0 Å². The molecular weight excluding hydrogens is 336 g/mol. The van der Waals surface area contributed by atoms with Gasteiger partial charge in [-0.2, -0.15) is 0 Å². The van der Waals surface area contributed by atoms with Gasteiger partial charge in [0.25, 0.3) is 0 Å². The highest BCUT2D eigenvalue weighted by Gasteiger charge is 2.28. The second kappa shape index (κ2) is 6.51. The Hall–Kier alpha value is -0.960. The third-order valence-electron chi connectivity index (χ3n) is 4.27. The molecule has 0 atom stereocenters. The number of hydrogen-bond donors (Lipinski definition) is 2. The van der Waals surface area contributed by atoms with Crippen molar-refractivity contribution >= 4 is 20.0 Å². The number of sulfonamides is 2. The fourth-order valence-corrected chi connectivity index (χ4v) is 5.40. The van der Waals surface area contributed by atoms with Crippen LogP contribution in [-0.2, 0) is 20.0 Å². The molecule has 2 N–H and O–H groups in total. The molecule has 2 fully saturated rings. The smallest absolute Gasteiger partial charge is 0.208 e. The van der Waals surface area contributed by atoms with Gasteiger partial charge in [-0.1, -0.05) is 19.3 Å². The second-order valence-electron chi connectivity index (χ2n) is 6.32. The molecule has 0 aliphatic heterocycles. The molecule has 0 heterocycles. The topological polar surface area (TPSA) is 92.3 Å². The zero-order valence-corrected chi connectivity index (χ0v) is 14.5. The summed E-state index contributed by atoms with van der Waals surface area (Å²) < 4.78 is 54.2. The van der Waals surface area contributed by atoms with E-state index in [9.17, 15) is 16.8 Å². The summed E-state index contributed by atoms with van der Waals surface area (Å²) in [6.07, 6.45) is 6.66. The summed E-state index contributed by atoms with van der Waals surface area (Å²) in [7, 11) is -7.15. The van der Waals surface area contributed by atoms with E-state index in [1.165, 1.54) is 24.3 Å². The summed E-state index contributed by atoms with van der Waals surface area (Å²) in [4.78, 5) is 0.203. The third-order valence-corrected chi connectivity index (χ3v) is 7.34. The van der Waals surface area contributed by atoms with Crippen LogP contribution in [0.3, 0.4) is 0 Å². The second-order valence-corrected chi connectivity index (χ2v) is 9.75. The van der Waals surface area contributed by atoms with Crippen LogP contribution in [0.5, 0.6) is 0 Å². The first kappa shape index (κ1) is 16.9. The lowest BCUT2D eigenvalue weighted by Crippen LogP contribution is -2.36. The van der Waals surface area contributed by atoms with Gasteiger partial charge in [0.2, 0.25) is 20.0 Å². The number of benzene rings is 1. The van der Waals surface area contributed by atoms with Crippen molar-refractivity contribution in [1.29, 1.82) is 0 Å². The fraction of sp³-hybridized carbons (Fsp3) is 0.600. The van der Waals surface area contributed by atoms with Gasteiger partial charge < -0.3 is 0 Å². The molecule has 2 saturated carbocycles. The first-order chi connectivity index (χ1) is 10.9. The molecule has 0 unspecified atom stereocenters. The molecular formula is C15H22N2O4S2. The van der Waals surface area contributed by atoms with Crippen LogP contribution in [0, 0.1) is 0 Å². The number of rotatable bonds is 6. The van der Waals surface area contributed by atoms with Crippen molar-refractivity contribution in [3.05, 3.63) is 24.3 Å². The number of nitrogens with one attached hydrogen (secondary N) is 2. The summed E-state index contributed by atoms with van der Waals surface area (Å²) in [6.45, 7) is 0. The average molecular weight is 358 g/mol. The lowest BCUT2D eigenvalue weighted by atomic mass is 9.96. The molecule has 8 heteroatoms. The highest BCUT2D eigenvalue weighted by Crippen LogP contribution is 2.23. The monoisotopic (exact) mass is 358 g/mol. The molecule has 2 aliphatic carbocycles. The molecule has 128 valence electrons. The van der Waals surface area contributed by atoms with E-state index in [0.717, 1.165) is 44.9 Å². The predicted molar refractivity (Wildman–Crippen MR) is 87.0 cm³/mol. The summed E-state index contributed by atoms with van der Waals surface area (Å²) in [5, 5.41) is 0. The Morgan fingerprint density at radius 2 is 1.04 bits per heavy atom. The van der Waals surface area contributed by atoms with Crippen molar-refractivity contribution in [1.82, 2.24) is 9.44 Å². The molecule has 0 aromatic heterocycles. The van der Waals surface area contributed by atoms with E-state index < -0.39 is 20.0 Å². The van der Waals surface area contributed by atoms with Crippen molar-refractivity contribution in [2.24, 2.45) is 0 Å². The van der Waals surface area contributed by atoms with Crippen LogP contribution in [0.15, 0.2) is 34.1 Å². The van der Waals surface area contributed by atoms with Gasteiger partial charge in [-0.25, -0.2) is 26.3 Å². The van der Waals surface area contributed by atoms with Crippen LogP contribution in [0.1, 0.15) is 44.9 Å². The summed E-state index contributed by atoms with van der Waals surface area (Å²) >= 11 is 0. The van der Waals surface area contributed by atoms with Crippen LogP contribution in [0.4, 0.5) is 0 Å². The summed E-state index contributed by atoms with van der Waals surface area (Å²) in [6, 6.07) is 5.41. The van der Waals surface area contributed by atoms with Crippen LogP contribution >= 0.6 is 0 Å². The molecule has 3 rings (SSSR count). The van der Waals surface area contributed by atoms with Crippen LogP contribution in [0.2, 0.25) is 0 Å². The van der Waals surface area contributed by atoms with E-state index in [4.69, 9.17) is 0 Å². The van der Waals surface area contributed by atoms with Crippen molar-refractivity contribution in [3.63, 3.8) is 0 Å². The lowest BCUT2D eigenvalue weighted by molar-refractivity contribution is 0.412. The SMILES string of the molecule is O=S(=O)(NC1CCCCC1)c1ccc(S(=O)(=O)NC2CC2)cc1. The Labute approximate surface area is 137 Å². The van der Waals surface area contributed by atoms with Gasteiger partial charge in [-0.3, -0.25) is 0 Å². The molecule has 6 nitrogen and oxygen atoms in total. The number of hydrogen-bond acceptors (Lipinski definition) is 4. The minimum absolute atomic E-state index is 0.0197. The van der Waals surface area contributed by atoms with E-state index in [0.29, 0.717) is 0 Å². The van der Waals surface area contributed by atoms with Crippen molar-refractivity contribution < 1.29 is 16.8 Å². The van der Waals surface area contributed by atoms with E-state index in [2.05, 4.69) is 9.44 Å². The molecule has 0 spiro atoms. The molecule has 1 aromatic rings. The van der Waals surface area contributed by atoms with Gasteiger partial charge in [0.1, 0.15) is 0 Å². The first-order valence-corrected chi connectivity index (χ1v) is 11.0. The highest BCUT2D eigenvalue weighted by molar-refractivity contribution is 7.90. The molecule has 0 amide bonds. The Bertz CT molecular complexity index is 747. The summed E-state index contributed by atoms with van der Waals surface area (Å²) in [5.41, 5.74) is 0. The molecule has 2 aliphatic rings. The van der Waals surface area contributed by atoms with Gasteiger partial charge in [0, 0.05) is 12.1 Å². The first-order valence-electron chi connectivity index (χ1n) is 8.01. The Morgan fingerprint density at radius 1 is 0.652 bits per heavy atom. The predicted octanol–water partition coefficient (Wildman–Crippen LogP) is 1.74. The van der Waals surface area contributed by atoms with Crippen LogP contribution in [-0.4, -0.2) is 28.9 Å². The average Bonchev–Trinajstić information content (AvgIpc) is 3.31. The molecule has 23 heavy (non-hydrogen) atoms. The van der Waals surface area contributed by atoms with Crippen molar-refractivity contribution in [3.8, 4) is 0 Å². The molecule has 1 aromatic carbocycles. The van der Waals surface area contributed by atoms with E-state index >= 15 is 0 Å². The van der Waals surface area contributed by atoms with Crippen LogP contribution in [0.25, 0.3) is 0 Å². The quantitative estimate of drug-likeness (QED) is 0.810. The standard InChI is InChI=1S/C15H22N2O4S2/c18-22(19,16-12-4-2-1-3-5-12)14-8-10-15(11-9-14)23(20,21)17-13-6-7-13/h8-13,16-17H,1-7H2. The minimum atomic E-state index is -3.60.